The first-order valence-electron chi connectivity index (χ1n) is 7.66. The fourth-order valence-electron chi connectivity index (χ4n) is 2.62. The van der Waals surface area contributed by atoms with Crippen molar-refractivity contribution < 1.29 is 0 Å². The number of benzene rings is 2. The third-order valence-electron chi connectivity index (χ3n) is 3.75. The van der Waals surface area contributed by atoms with Crippen molar-refractivity contribution in [3.63, 3.8) is 0 Å². The van der Waals surface area contributed by atoms with Gasteiger partial charge in [0.2, 0.25) is 0 Å². The molecule has 0 aliphatic heterocycles. The van der Waals surface area contributed by atoms with Crippen molar-refractivity contribution in [2.24, 2.45) is 5.73 Å². The number of hydrogen-bond donors (Lipinski definition) is 1. The number of rotatable bonds is 6. The summed E-state index contributed by atoms with van der Waals surface area (Å²) in [4.78, 5) is 0. The lowest BCUT2D eigenvalue weighted by Gasteiger charge is -2.12. The maximum atomic E-state index is 6.15. The molecule has 2 aromatic carbocycles. The van der Waals surface area contributed by atoms with Crippen LogP contribution in [0.1, 0.15) is 37.8 Å². The van der Waals surface area contributed by atoms with Crippen LogP contribution in [0.25, 0.3) is 11.1 Å². The Balaban J connectivity index is 2.20. The molecule has 1 unspecified atom stereocenters. The van der Waals surface area contributed by atoms with E-state index in [0.29, 0.717) is 0 Å². The molecule has 0 aromatic heterocycles. The van der Waals surface area contributed by atoms with Crippen LogP contribution < -0.4 is 5.73 Å². The zero-order chi connectivity index (χ0) is 14.4. The van der Waals surface area contributed by atoms with Crippen molar-refractivity contribution in [3.05, 3.63) is 59.7 Å². The van der Waals surface area contributed by atoms with Crippen LogP contribution in [0.15, 0.2) is 48.5 Å². The zero-order valence-electron chi connectivity index (χ0n) is 12.6. The van der Waals surface area contributed by atoms with Crippen LogP contribution in [0.3, 0.4) is 0 Å². The summed E-state index contributed by atoms with van der Waals surface area (Å²) in [6.45, 7) is 4.38. The van der Waals surface area contributed by atoms with Gasteiger partial charge < -0.3 is 5.73 Å². The van der Waals surface area contributed by atoms with Gasteiger partial charge in [0.1, 0.15) is 0 Å². The van der Waals surface area contributed by atoms with E-state index in [1.54, 1.807) is 0 Å². The molecule has 0 radical (unpaired) electrons. The van der Waals surface area contributed by atoms with Gasteiger partial charge in [-0.2, -0.15) is 0 Å². The molecule has 106 valence electrons. The number of hydrogen-bond acceptors (Lipinski definition) is 1. The van der Waals surface area contributed by atoms with E-state index in [0.717, 1.165) is 25.7 Å². The molecule has 20 heavy (non-hydrogen) atoms. The minimum atomic E-state index is 0.275. The Kier molecular flexibility index (Phi) is 5.37. The van der Waals surface area contributed by atoms with Crippen molar-refractivity contribution in [2.45, 2.75) is 45.6 Å². The molecular weight excluding hydrogens is 242 g/mol. The molecule has 0 aliphatic carbocycles. The van der Waals surface area contributed by atoms with Crippen molar-refractivity contribution in [3.8, 4) is 11.1 Å². The van der Waals surface area contributed by atoms with Crippen LogP contribution in [0.2, 0.25) is 0 Å². The first-order chi connectivity index (χ1) is 9.72. The van der Waals surface area contributed by atoms with Gasteiger partial charge in [0.05, 0.1) is 0 Å². The monoisotopic (exact) mass is 267 g/mol. The minimum Gasteiger partial charge on any atom is -0.327 e. The molecule has 0 bridgehead atoms. The van der Waals surface area contributed by atoms with Gasteiger partial charge in [0.25, 0.3) is 0 Å². The molecule has 0 heterocycles. The molecular formula is C19H25N. The van der Waals surface area contributed by atoms with Crippen LogP contribution >= 0.6 is 0 Å². The minimum absolute atomic E-state index is 0.275. The van der Waals surface area contributed by atoms with Gasteiger partial charge in [-0.3, -0.25) is 0 Å². The molecule has 1 atom stereocenters. The van der Waals surface area contributed by atoms with E-state index in [1.807, 2.05) is 0 Å². The maximum absolute atomic E-state index is 6.15. The maximum Gasteiger partial charge on any atom is 0.00792 e. The Bertz CT molecular complexity index is 545. The van der Waals surface area contributed by atoms with E-state index in [2.05, 4.69) is 62.4 Å². The Morgan fingerprint density at radius 3 is 2.10 bits per heavy atom. The summed E-state index contributed by atoms with van der Waals surface area (Å²) in [5.41, 5.74) is 11.5. The lowest BCUT2D eigenvalue weighted by molar-refractivity contribution is 0.600. The van der Waals surface area contributed by atoms with Gasteiger partial charge in [0, 0.05) is 6.04 Å². The van der Waals surface area contributed by atoms with E-state index >= 15 is 0 Å². The van der Waals surface area contributed by atoms with Gasteiger partial charge in [-0.15, -0.1) is 0 Å². The number of aryl methyl sites for hydroxylation is 1. The molecule has 0 saturated heterocycles. The smallest absolute Gasteiger partial charge is 0.00792 e. The molecule has 0 saturated carbocycles. The summed E-state index contributed by atoms with van der Waals surface area (Å²) in [5.74, 6) is 0. The molecule has 1 nitrogen and oxygen atoms in total. The lowest BCUT2D eigenvalue weighted by atomic mass is 9.97. The second kappa shape index (κ2) is 7.25. The molecule has 2 aromatic rings. The second-order valence-corrected chi connectivity index (χ2v) is 5.51. The van der Waals surface area contributed by atoms with E-state index in [-0.39, 0.29) is 6.04 Å². The van der Waals surface area contributed by atoms with Crippen LogP contribution in [0.5, 0.6) is 0 Å². The SMILES string of the molecule is CCCC(N)Cc1cccc(-c2cccc(CC)c2)c1. The van der Waals surface area contributed by atoms with E-state index in [1.165, 1.54) is 22.3 Å². The second-order valence-electron chi connectivity index (χ2n) is 5.51. The quantitative estimate of drug-likeness (QED) is 0.814. The standard InChI is InChI=1S/C19H25N/c1-3-7-19(20)14-16-9-6-11-18(13-16)17-10-5-8-15(4-2)12-17/h5-6,8-13,19H,3-4,7,14,20H2,1-2H3. The summed E-state index contributed by atoms with van der Waals surface area (Å²) < 4.78 is 0. The van der Waals surface area contributed by atoms with Gasteiger partial charge in [-0.1, -0.05) is 68.8 Å². The van der Waals surface area contributed by atoms with Crippen molar-refractivity contribution in [2.75, 3.05) is 0 Å². The van der Waals surface area contributed by atoms with Gasteiger partial charge >= 0.3 is 0 Å². The summed E-state index contributed by atoms with van der Waals surface area (Å²) in [7, 11) is 0. The normalized spacial score (nSPS) is 12.3. The van der Waals surface area contributed by atoms with Crippen molar-refractivity contribution in [1.82, 2.24) is 0 Å². The third kappa shape index (κ3) is 3.94. The molecule has 0 aliphatic rings. The highest BCUT2D eigenvalue weighted by Gasteiger charge is 2.05. The van der Waals surface area contributed by atoms with Crippen LogP contribution in [0, 0.1) is 0 Å². The average Bonchev–Trinajstić information content (AvgIpc) is 2.48. The van der Waals surface area contributed by atoms with Crippen LogP contribution in [-0.2, 0) is 12.8 Å². The Hall–Kier alpha value is -1.60. The fourth-order valence-corrected chi connectivity index (χ4v) is 2.62. The van der Waals surface area contributed by atoms with Gasteiger partial charge in [-0.05, 0) is 41.5 Å². The van der Waals surface area contributed by atoms with Crippen LogP contribution in [-0.4, -0.2) is 6.04 Å². The summed E-state index contributed by atoms with van der Waals surface area (Å²) in [6, 6.07) is 17.9. The molecule has 0 spiro atoms. The summed E-state index contributed by atoms with van der Waals surface area (Å²) >= 11 is 0. The Morgan fingerprint density at radius 2 is 1.50 bits per heavy atom. The van der Waals surface area contributed by atoms with E-state index in [9.17, 15) is 0 Å². The van der Waals surface area contributed by atoms with Gasteiger partial charge in [-0.25, -0.2) is 0 Å². The molecule has 0 amide bonds. The zero-order valence-corrected chi connectivity index (χ0v) is 12.6. The Morgan fingerprint density at radius 1 is 0.900 bits per heavy atom. The van der Waals surface area contributed by atoms with E-state index in [4.69, 9.17) is 5.73 Å². The van der Waals surface area contributed by atoms with Crippen LogP contribution in [0.4, 0.5) is 0 Å². The highest BCUT2D eigenvalue weighted by Crippen LogP contribution is 2.22. The first-order valence-corrected chi connectivity index (χ1v) is 7.66. The molecule has 1 heteroatoms. The van der Waals surface area contributed by atoms with Crippen molar-refractivity contribution >= 4 is 0 Å². The van der Waals surface area contributed by atoms with Crippen molar-refractivity contribution in [1.29, 1.82) is 0 Å². The fraction of sp³-hybridized carbons (Fsp3) is 0.368. The molecule has 0 fully saturated rings. The van der Waals surface area contributed by atoms with Gasteiger partial charge in [0.15, 0.2) is 0 Å². The molecule has 2 rings (SSSR count). The van der Waals surface area contributed by atoms with E-state index < -0.39 is 0 Å². The summed E-state index contributed by atoms with van der Waals surface area (Å²) in [6.07, 6.45) is 4.29. The molecule has 2 N–H and O–H groups in total. The highest BCUT2D eigenvalue weighted by molar-refractivity contribution is 5.65. The first kappa shape index (κ1) is 14.8. The highest BCUT2D eigenvalue weighted by atomic mass is 14.6. The summed E-state index contributed by atoms with van der Waals surface area (Å²) in [5, 5.41) is 0. The predicted molar refractivity (Wildman–Crippen MR) is 87.8 cm³/mol. The predicted octanol–water partition coefficient (Wildman–Crippen LogP) is 4.59. The Labute approximate surface area is 122 Å². The average molecular weight is 267 g/mol. The lowest BCUT2D eigenvalue weighted by Crippen LogP contribution is -2.22. The largest absolute Gasteiger partial charge is 0.327 e. The third-order valence-corrected chi connectivity index (χ3v) is 3.75. The topological polar surface area (TPSA) is 26.0 Å². The number of nitrogens with two attached hydrogens (primary N) is 1.